The van der Waals surface area contributed by atoms with Crippen LogP contribution in [0.2, 0.25) is 0 Å². The molecule has 0 heterocycles. The molecular formula is C59H114O6. The first-order chi connectivity index (χ1) is 31.6. The summed E-state index contributed by atoms with van der Waals surface area (Å²) >= 11 is 0. The van der Waals surface area contributed by atoms with Gasteiger partial charge in [0.25, 0.3) is 0 Å². The van der Waals surface area contributed by atoms with Gasteiger partial charge in [-0.2, -0.15) is 0 Å². The molecule has 0 radical (unpaired) electrons. The van der Waals surface area contributed by atoms with Crippen molar-refractivity contribution in [3.63, 3.8) is 0 Å². The molecule has 0 aromatic rings. The molecule has 0 bridgehead atoms. The maximum atomic E-state index is 12.8. The molecule has 1 atom stereocenters. The Balaban J connectivity index is 4.21. The molecule has 386 valence electrons. The van der Waals surface area contributed by atoms with Crippen molar-refractivity contribution in [3.8, 4) is 0 Å². The highest BCUT2D eigenvalue weighted by Gasteiger charge is 2.19. The molecule has 65 heavy (non-hydrogen) atoms. The van der Waals surface area contributed by atoms with Crippen LogP contribution in [0.1, 0.15) is 324 Å². The van der Waals surface area contributed by atoms with Crippen LogP contribution in [0.4, 0.5) is 0 Å². The highest BCUT2D eigenvalue weighted by atomic mass is 16.6. The second kappa shape index (κ2) is 50.3. The lowest BCUT2D eigenvalue weighted by molar-refractivity contribution is -0.167. The largest absolute Gasteiger partial charge is 0.462 e. The SMILES string of the molecule is CC(C)CCCCCCCCCCCCCCCCCCCCC(=O)OC[C@H](COC(=O)CCCCCCCCCC(C)C)OC(=O)CCCCCCCCCCCCCCCC(C)C. The molecule has 0 aliphatic rings. The van der Waals surface area contributed by atoms with Crippen LogP contribution in [0.5, 0.6) is 0 Å². The summed E-state index contributed by atoms with van der Waals surface area (Å²) in [6.45, 7) is 13.7. The van der Waals surface area contributed by atoms with Crippen molar-refractivity contribution in [1.82, 2.24) is 0 Å². The minimum Gasteiger partial charge on any atom is -0.462 e. The fraction of sp³-hybridized carbons (Fsp3) is 0.949. The van der Waals surface area contributed by atoms with Gasteiger partial charge >= 0.3 is 17.9 Å². The second-order valence-corrected chi connectivity index (χ2v) is 21.7. The summed E-state index contributed by atoms with van der Waals surface area (Å²) in [7, 11) is 0. The Labute approximate surface area is 406 Å². The molecule has 0 unspecified atom stereocenters. The highest BCUT2D eigenvalue weighted by molar-refractivity contribution is 5.71. The van der Waals surface area contributed by atoms with Gasteiger partial charge < -0.3 is 14.2 Å². The first-order valence-corrected chi connectivity index (χ1v) is 29.1. The maximum Gasteiger partial charge on any atom is 0.306 e. The van der Waals surface area contributed by atoms with Gasteiger partial charge in [0.15, 0.2) is 6.10 Å². The molecule has 0 fully saturated rings. The highest BCUT2D eigenvalue weighted by Crippen LogP contribution is 2.18. The van der Waals surface area contributed by atoms with Gasteiger partial charge in [0.2, 0.25) is 0 Å². The van der Waals surface area contributed by atoms with E-state index < -0.39 is 6.10 Å². The van der Waals surface area contributed by atoms with Gasteiger partial charge in [-0.1, -0.05) is 286 Å². The Hall–Kier alpha value is -1.59. The summed E-state index contributed by atoms with van der Waals surface area (Å²) in [5, 5.41) is 0. The zero-order valence-corrected chi connectivity index (χ0v) is 44.8. The van der Waals surface area contributed by atoms with Crippen LogP contribution in [0.15, 0.2) is 0 Å². The number of esters is 3. The van der Waals surface area contributed by atoms with E-state index in [0.29, 0.717) is 19.3 Å². The molecule has 0 N–H and O–H groups in total. The van der Waals surface area contributed by atoms with E-state index in [1.54, 1.807) is 0 Å². The lowest BCUT2D eigenvalue weighted by atomic mass is 10.0. The first kappa shape index (κ1) is 63.4. The van der Waals surface area contributed by atoms with Gasteiger partial charge in [-0.3, -0.25) is 14.4 Å². The number of carbonyl (C=O) groups is 3. The third kappa shape index (κ3) is 53.2. The summed E-state index contributed by atoms with van der Waals surface area (Å²) in [6.07, 6.45) is 52.5. The minimum absolute atomic E-state index is 0.0640. The van der Waals surface area contributed by atoms with Crippen molar-refractivity contribution in [2.75, 3.05) is 13.2 Å². The lowest BCUT2D eigenvalue weighted by Crippen LogP contribution is -2.30. The third-order valence-corrected chi connectivity index (χ3v) is 13.4. The quantitative estimate of drug-likeness (QED) is 0.0344. The molecule has 0 amide bonds. The molecule has 6 nitrogen and oxygen atoms in total. The smallest absolute Gasteiger partial charge is 0.306 e. The fourth-order valence-electron chi connectivity index (χ4n) is 9.00. The molecule has 0 aliphatic heterocycles. The van der Waals surface area contributed by atoms with E-state index in [0.717, 1.165) is 75.5 Å². The first-order valence-electron chi connectivity index (χ1n) is 29.1. The van der Waals surface area contributed by atoms with Crippen LogP contribution in [0, 0.1) is 17.8 Å². The topological polar surface area (TPSA) is 78.9 Å². The molecule has 0 aliphatic carbocycles. The standard InChI is InChI=1S/C59H114O6/c1-53(2)45-39-33-27-22-18-14-11-9-7-8-10-12-16-20-24-30-36-42-48-57(60)63-51-56(52-64-58(61)49-43-37-32-26-29-35-41-47-55(5)6)65-59(62)50-44-38-31-25-21-17-13-15-19-23-28-34-40-46-54(3)4/h53-56H,7-52H2,1-6H3/t56-/m1/s1. The van der Waals surface area contributed by atoms with Crippen LogP contribution in [0.3, 0.4) is 0 Å². The van der Waals surface area contributed by atoms with E-state index in [4.69, 9.17) is 14.2 Å². The fourth-order valence-corrected chi connectivity index (χ4v) is 9.00. The minimum atomic E-state index is -0.764. The molecular weight excluding hydrogens is 805 g/mol. The lowest BCUT2D eigenvalue weighted by Gasteiger charge is -2.18. The zero-order valence-electron chi connectivity index (χ0n) is 44.8. The number of hydrogen-bond donors (Lipinski definition) is 0. The number of rotatable bonds is 52. The molecule has 0 saturated carbocycles. The Morgan fingerprint density at radius 2 is 0.446 bits per heavy atom. The van der Waals surface area contributed by atoms with Crippen LogP contribution < -0.4 is 0 Å². The molecule has 0 aromatic carbocycles. The predicted octanol–water partition coefficient (Wildman–Crippen LogP) is 19.1. The van der Waals surface area contributed by atoms with E-state index in [-0.39, 0.29) is 31.1 Å². The van der Waals surface area contributed by atoms with E-state index in [1.807, 2.05) is 0 Å². The van der Waals surface area contributed by atoms with E-state index in [2.05, 4.69) is 41.5 Å². The van der Waals surface area contributed by atoms with Gasteiger partial charge in [0.1, 0.15) is 13.2 Å². The molecule has 6 heteroatoms. The summed E-state index contributed by atoms with van der Waals surface area (Å²) in [4.78, 5) is 38.1. The predicted molar refractivity (Wildman–Crippen MR) is 279 cm³/mol. The van der Waals surface area contributed by atoms with Gasteiger partial charge in [-0.15, -0.1) is 0 Å². The van der Waals surface area contributed by atoms with E-state index in [1.165, 1.54) is 205 Å². The number of hydrogen-bond acceptors (Lipinski definition) is 6. The van der Waals surface area contributed by atoms with Crippen molar-refractivity contribution < 1.29 is 28.6 Å². The Morgan fingerprint density at radius 3 is 0.662 bits per heavy atom. The second-order valence-electron chi connectivity index (χ2n) is 21.7. The van der Waals surface area contributed by atoms with Gasteiger partial charge in [0.05, 0.1) is 0 Å². The average molecular weight is 920 g/mol. The van der Waals surface area contributed by atoms with Crippen LogP contribution in [-0.4, -0.2) is 37.2 Å². The van der Waals surface area contributed by atoms with Gasteiger partial charge in [-0.05, 0) is 37.0 Å². The molecule has 0 spiro atoms. The summed E-state index contributed by atoms with van der Waals surface area (Å²) in [5.74, 6) is 1.63. The van der Waals surface area contributed by atoms with Crippen molar-refractivity contribution in [1.29, 1.82) is 0 Å². The van der Waals surface area contributed by atoms with Crippen LogP contribution in [-0.2, 0) is 28.6 Å². The number of unbranched alkanes of at least 4 members (excludes halogenated alkanes) is 35. The van der Waals surface area contributed by atoms with E-state index >= 15 is 0 Å². The van der Waals surface area contributed by atoms with Crippen molar-refractivity contribution in [3.05, 3.63) is 0 Å². The molecule has 0 rings (SSSR count). The average Bonchev–Trinajstić information content (AvgIpc) is 3.26. The van der Waals surface area contributed by atoms with Crippen LogP contribution in [0.25, 0.3) is 0 Å². The normalized spacial score (nSPS) is 12.1. The Bertz CT molecular complexity index is 1010. The molecule has 0 saturated heterocycles. The Morgan fingerprint density at radius 1 is 0.262 bits per heavy atom. The summed E-state index contributed by atoms with van der Waals surface area (Å²) < 4.78 is 16.9. The number of ether oxygens (including phenoxy) is 3. The van der Waals surface area contributed by atoms with Crippen molar-refractivity contribution in [2.45, 2.75) is 330 Å². The van der Waals surface area contributed by atoms with E-state index in [9.17, 15) is 14.4 Å². The Kier molecular flexibility index (Phi) is 49.1. The maximum absolute atomic E-state index is 12.8. The van der Waals surface area contributed by atoms with Crippen LogP contribution >= 0.6 is 0 Å². The van der Waals surface area contributed by atoms with Gasteiger partial charge in [-0.25, -0.2) is 0 Å². The third-order valence-electron chi connectivity index (χ3n) is 13.4. The summed E-state index contributed by atoms with van der Waals surface area (Å²) in [5.41, 5.74) is 0. The van der Waals surface area contributed by atoms with Crippen molar-refractivity contribution in [2.24, 2.45) is 17.8 Å². The molecule has 0 aromatic heterocycles. The summed E-state index contributed by atoms with van der Waals surface area (Å²) in [6, 6.07) is 0. The number of carbonyl (C=O) groups excluding carboxylic acids is 3. The van der Waals surface area contributed by atoms with Gasteiger partial charge in [0, 0.05) is 19.3 Å². The zero-order chi connectivity index (χ0) is 47.7. The monoisotopic (exact) mass is 919 g/mol. The van der Waals surface area contributed by atoms with Crippen molar-refractivity contribution >= 4 is 17.9 Å².